The van der Waals surface area contributed by atoms with Gasteiger partial charge >= 0.3 is 24.5 Å². The Kier molecular flexibility index (Phi) is 7.33. The highest BCUT2D eigenvalue weighted by Crippen LogP contribution is 2.55. The Morgan fingerprint density at radius 1 is 0.417 bits per heavy atom. The van der Waals surface area contributed by atoms with Crippen LogP contribution in [0.15, 0.2) is 0 Å². The lowest BCUT2D eigenvalue weighted by Gasteiger charge is -2.41. The van der Waals surface area contributed by atoms with E-state index in [1.165, 1.54) is 0 Å². The highest BCUT2D eigenvalue weighted by Gasteiger charge is 2.63. The zero-order chi connectivity index (χ0) is 19.1. The van der Waals surface area contributed by atoms with Gasteiger partial charge in [-0.3, -0.25) is 0 Å². The predicted molar refractivity (Wildman–Crippen MR) is 73.4 cm³/mol. The zero-order valence-corrected chi connectivity index (χ0v) is 14.1. The second kappa shape index (κ2) is 7.74. The molecule has 24 heavy (non-hydrogen) atoms. The van der Waals surface area contributed by atoms with Gasteiger partial charge in [0, 0.05) is 0 Å². The van der Waals surface area contributed by atoms with Crippen molar-refractivity contribution in [3.63, 3.8) is 0 Å². The molecule has 0 aliphatic heterocycles. The fourth-order valence-corrected chi connectivity index (χ4v) is 3.74. The highest BCUT2D eigenvalue weighted by atomic mass is 31.2. The normalized spacial score (nSPS) is 36.0. The molecule has 0 bridgehead atoms. The first-order valence-corrected chi connectivity index (χ1v) is 10.5. The molecular formula is C6H18O15P3+3. The van der Waals surface area contributed by atoms with Crippen molar-refractivity contribution in [3.8, 4) is 0 Å². The summed E-state index contributed by atoms with van der Waals surface area (Å²) in [6.07, 6.45) is -13.7. The Morgan fingerprint density at radius 3 is 1.00 bits per heavy atom. The summed E-state index contributed by atoms with van der Waals surface area (Å²) in [5.41, 5.74) is 0. The molecule has 0 amide bonds. The molecular weight excluding hydrogens is 405 g/mol. The molecule has 18 heteroatoms. The van der Waals surface area contributed by atoms with Crippen LogP contribution < -0.4 is 0 Å². The van der Waals surface area contributed by atoms with E-state index >= 15 is 0 Å². The summed E-state index contributed by atoms with van der Waals surface area (Å²) >= 11 is 0. The third-order valence-corrected chi connectivity index (χ3v) is 4.39. The molecule has 1 saturated carbocycles. The first-order valence-electron chi connectivity index (χ1n) is 5.83. The van der Waals surface area contributed by atoms with Crippen LogP contribution in [0, 0.1) is 0 Å². The van der Waals surface area contributed by atoms with Crippen molar-refractivity contribution in [2.75, 3.05) is 0 Å². The minimum absolute atomic E-state index is 2.21. The number of hydrogen-bond donors (Lipinski definition) is 12. The second-order valence-corrected chi connectivity index (χ2v) is 8.43. The molecule has 0 aromatic heterocycles. The molecule has 1 rings (SSSR count). The van der Waals surface area contributed by atoms with Crippen molar-refractivity contribution < 1.29 is 72.9 Å². The Labute approximate surface area is 135 Å². The van der Waals surface area contributed by atoms with E-state index in [0.717, 1.165) is 0 Å². The van der Waals surface area contributed by atoms with Gasteiger partial charge in [0.1, 0.15) is 18.3 Å². The predicted octanol–water partition coefficient (Wildman–Crippen LogP) is -4.80. The van der Waals surface area contributed by atoms with Crippen molar-refractivity contribution in [2.45, 2.75) is 36.6 Å². The second-order valence-electron chi connectivity index (χ2n) is 4.72. The fourth-order valence-electron chi connectivity index (χ4n) is 2.03. The van der Waals surface area contributed by atoms with Crippen molar-refractivity contribution >= 4 is 24.5 Å². The van der Waals surface area contributed by atoms with Gasteiger partial charge in [-0.2, -0.15) is 44.0 Å². The van der Waals surface area contributed by atoms with Crippen LogP contribution in [0.4, 0.5) is 0 Å². The lowest BCUT2D eigenvalue weighted by Crippen LogP contribution is -2.65. The molecule has 0 radical (unpaired) electrons. The largest absolute Gasteiger partial charge is 0.567 e. The topological polar surface area (TPSA) is 270 Å². The summed E-state index contributed by atoms with van der Waals surface area (Å²) in [7, 11) is -15.3. The average Bonchev–Trinajstić information content (AvgIpc) is 2.32. The van der Waals surface area contributed by atoms with E-state index in [1.54, 1.807) is 0 Å². The Morgan fingerprint density at radius 2 is 0.667 bits per heavy atom. The van der Waals surface area contributed by atoms with E-state index in [9.17, 15) is 15.3 Å². The molecule has 1 aliphatic carbocycles. The van der Waals surface area contributed by atoms with Gasteiger partial charge in [0.05, 0.1) is 0 Å². The van der Waals surface area contributed by atoms with Gasteiger partial charge in [-0.1, -0.05) is 0 Å². The standard InChI is InChI=1S/C6H18O15P3/c7-1-2(8)5(20-23(13,14)15)6(21-24(16,17)18)3(9)4(1)19-22(10,11)12/h1-18H/q+3/t1-,2+,3+,4-,5-,6-/m1/s1. The van der Waals surface area contributed by atoms with Gasteiger partial charge in [-0.05, 0) is 0 Å². The third-order valence-electron chi connectivity index (χ3n) is 2.81. The molecule has 0 heterocycles. The number of rotatable bonds is 6. The maximum absolute atomic E-state index is 9.95. The van der Waals surface area contributed by atoms with Crippen molar-refractivity contribution in [3.05, 3.63) is 0 Å². The van der Waals surface area contributed by atoms with Gasteiger partial charge in [0.25, 0.3) is 0 Å². The monoisotopic (exact) mass is 423 g/mol. The molecule has 0 saturated heterocycles. The van der Waals surface area contributed by atoms with Crippen LogP contribution in [0.1, 0.15) is 0 Å². The highest BCUT2D eigenvalue weighted by molar-refractivity contribution is 7.54. The van der Waals surface area contributed by atoms with Crippen molar-refractivity contribution in [2.24, 2.45) is 0 Å². The molecule has 0 aromatic rings. The maximum atomic E-state index is 9.95. The molecule has 144 valence electrons. The summed E-state index contributed by atoms with van der Waals surface area (Å²) in [6.45, 7) is 0. The Balaban J connectivity index is 3.16. The number of aliphatic hydroxyl groups is 3. The summed E-state index contributed by atoms with van der Waals surface area (Å²) in [5.74, 6) is 0. The lowest BCUT2D eigenvalue weighted by molar-refractivity contribution is -0.216. The van der Waals surface area contributed by atoms with Crippen LogP contribution in [0.5, 0.6) is 0 Å². The average molecular weight is 423 g/mol. The fraction of sp³-hybridized carbons (Fsp3) is 1.00. The first-order chi connectivity index (χ1) is 10.5. The van der Waals surface area contributed by atoms with Gasteiger partial charge in [0.2, 0.25) is 0 Å². The summed E-state index contributed by atoms with van der Waals surface area (Å²) in [5, 5.41) is 29.5. The van der Waals surface area contributed by atoms with Gasteiger partial charge < -0.3 is 15.3 Å². The van der Waals surface area contributed by atoms with E-state index in [4.69, 9.17) is 44.0 Å². The smallest absolute Gasteiger partial charge is 0.387 e. The van der Waals surface area contributed by atoms with Crippen LogP contribution in [0.3, 0.4) is 0 Å². The molecule has 6 atom stereocenters. The number of aliphatic hydroxyl groups excluding tert-OH is 3. The summed E-state index contributed by atoms with van der Waals surface area (Å²) < 4.78 is 12.6. The molecule has 1 aliphatic rings. The molecule has 12 N–H and O–H groups in total. The minimum atomic E-state index is -5.15. The van der Waals surface area contributed by atoms with E-state index in [-0.39, 0.29) is 0 Å². The first kappa shape index (κ1) is 22.7. The maximum Gasteiger partial charge on any atom is 0.567 e. The van der Waals surface area contributed by atoms with Crippen LogP contribution in [-0.4, -0.2) is 96.0 Å². The van der Waals surface area contributed by atoms with E-state index in [1.807, 2.05) is 0 Å². The molecule has 0 spiro atoms. The minimum Gasteiger partial charge on any atom is -0.387 e. The SMILES string of the molecule is O[C@@H]1[C@H](O)[C@@H](O[P+](O)(O)O)[C@H](O[P+](O)(O)O)[C@@H](O)[C@@H]1O[P+](O)(O)O. The Bertz CT molecular complexity index is 415. The van der Waals surface area contributed by atoms with E-state index in [0.29, 0.717) is 0 Å². The van der Waals surface area contributed by atoms with Crippen LogP contribution in [0.2, 0.25) is 0 Å². The van der Waals surface area contributed by atoms with E-state index in [2.05, 4.69) is 13.6 Å². The van der Waals surface area contributed by atoms with Crippen LogP contribution >= 0.6 is 24.5 Å². The van der Waals surface area contributed by atoms with E-state index < -0.39 is 61.1 Å². The zero-order valence-electron chi connectivity index (χ0n) is 11.4. The molecule has 1 fully saturated rings. The molecule has 0 aromatic carbocycles. The summed E-state index contributed by atoms with van der Waals surface area (Å²) in [6, 6.07) is 0. The van der Waals surface area contributed by atoms with Crippen LogP contribution in [-0.2, 0) is 13.6 Å². The van der Waals surface area contributed by atoms with Crippen molar-refractivity contribution in [1.29, 1.82) is 0 Å². The molecule has 15 nitrogen and oxygen atoms in total. The molecule has 0 unspecified atom stereocenters. The van der Waals surface area contributed by atoms with Gasteiger partial charge in [-0.25, -0.2) is 0 Å². The summed E-state index contributed by atoms with van der Waals surface area (Å²) in [4.78, 5) is 79.8. The third kappa shape index (κ3) is 6.78. The lowest BCUT2D eigenvalue weighted by atomic mass is 9.85. The van der Waals surface area contributed by atoms with Gasteiger partial charge in [-0.15, -0.1) is 13.6 Å². The van der Waals surface area contributed by atoms with Gasteiger partial charge in [0.15, 0.2) is 18.3 Å². The Hall–Kier alpha value is 0.690. The quantitative estimate of drug-likeness (QED) is 0.179. The number of hydrogen-bond acceptors (Lipinski definition) is 15. The van der Waals surface area contributed by atoms with Crippen molar-refractivity contribution in [1.82, 2.24) is 0 Å². The van der Waals surface area contributed by atoms with Crippen LogP contribution in [0.25, 0.3) is 0 Å².